The molecule has 0 bridgehead atoms. The van der Waals surface area contributed by atoms with Crippen LogP contribution in [0.1, 0.15) is 5.56 Å². The number of aromatic nitrogens is 2. The van der Waals surface area contributed by atoms with Gasteiger partial charge in [0.2, 0.25) is 5.58 Å². The van der Waals surface area contributed by atoms with Gasteiger partial charge in [0.25, 0.3) is 5.56 Å². The maximum Gasteiger partial charge on any atom is 0.297 e. The van der Waals surface area contributed by atoms with Gasteiger partial charge in [0.1, 0.15) is 22.6 Å². The Morgan fingerprint density at radius 2 is 1.64 bits per heavy atom. The molecule has 0 unspecified atom stereocenters. The highest BCUT2D eigenvalue weighted by molar-refractivity contribution is 6.01. The van der Waals surface area contributed by atoms with Gasteiger partial charge in [-0.1, -0.05) is 48.5 Å². The normalized spacial score (nSPS) is 11.1. The first-order valence-electron chi connectivity index (χ1n) is 8.97. The van der Waals surface area contributed by atoms with Crippen molar-refractivity contribution < 1.29 is 9.15 Å². The Bertz CT molecular complexity index is 1340. The van der Waals surface area contributed by atoms with Gasteiger partial charge in [0.05, 0.1) is 12.9 Å². The van der Waals surface area contributed by atoms with E-state index >= 15 is 0 Å². The highest BCUT2D eigenvalue weighted by atomic mass is 16.5. The van der Waals surface area contributed by atoms with E-state index in [9.17, 15) is 4.79 Å². The minimum absolute atomic E-state index is 0.212. The lowest BCUT2D eigenvalue weighted by atomic mass is 10.2. The average molecular weight is 368 g/mol. The number of fused-ring (bicyclic) bond motifs is 3. The van der Waals surface area contributed by atoms with Crippen LogP contribution in [0, 0.1) is 0 Å². The smallest absolute Gasteiger partial charge is 0.297 e. The summed E-state index contributed by atoms with van der Waals surface area (Å²) in [6.45, 7) is 0.335. The summed E-state index contributed by atoms with van der Waals surface area (Å²) in [6.07, 6.45) is 1.56. The number of nitrogens with zero attached hydrogens (tertiary/aromatic N) is 2. The van der Waals surface area contributed by atoms with Crippen LogP contribution in [-0.4, -0.2) is 9.55 Å². The zero-order valence-electron chi connectivity index (χ0n) is 14.9. The summed E-state index contributed by atoms with van der Waals surface area (Å²) in [5.74, 6) is 1.44. The van der Waals surface area contributed by atoms with Crippen LogP contribution in [0.4, 0.5) is 0 Å². The van der Waals surface area contributed by atoms with E-state index in [1.807, 2.05) is 78.9 Å². The van der Waals surface area contributed by atoms with Crippen molar-refractivity contribution in [3.63, 3.8) is 0 Å². The molecule has 0 radical (unpaired) electrons. The Kier molecular flexibility index (Phi) is 3.91. The molecule has 5 aromatic rings. The molecule has 0 spiro atoms. The molecule has 136 valence electrons. The maximum absolute atomic E-state index is 13.0. The number of benzene rings is 3. The molecule has 2 aromatic heterocycles. The summed E-state index contributed by atoms with van der Waals surface area (Å²) < 4.78 is 13.3. The van der Waals surface area contributed by atoms with Crippen molar-refractivity contribution in [2.24, 2.45) is 0 Å². The number of furan rings is 1. The second-order valence-electron chi connectivity index (χ2n) is 6.48. The highest BCUT2D eigenvalue weighted by Gasteiger charge is 2.14. The van der Waals surface area contributed by atoms with E-state index in [0.29, 0.717) is 23.4 Å². The molecule has 0 aliphatic heterocycles. The predicted molar refractivity (Wildman–Crippen MR) is 108 cm³/mol. The van der Waals surface area contributed by atoms with Gasteiger partial charge < -0.3 is 9.15 Å². The first-order valence-corrected chi connectivity index (χ1v) is 8.97. The van der Waals surface area contributed by atoms with Crippen molar-refractivity contribution in [1.82, 2.24) is 9.55 Å². The van der Waals surface area contributed by atoms with Crippen LogP contribution >= 0.6 is 0 Å². The Morgan fingerprint density at radius 3 is 2.54 bits per heavy atom. The van der Waals surface area contributed by atoms with Gasteiger partial charge in [-0.3, -0.25) is 9.36 Å². The molecule has 0 atom stereocenters. The van der Waals surface area contributed by atoms with Crippen LogP contribution in [0.5, 0.6) is 11.5 Å². The number of rotatable bonds is 4. The second kappa shape index (κ2) is 6.70. The molecule has 0 saturated heterocycles. The third-order valence-corrected chi connectivity index (χ3v) is 4.63. The molecule has 5 nitrogen and oxygen atoms in total. The van der Waals surface area contributed by atoms with Gasteiger partial charge in [0.15, 0.2) is 0 Å². The van der Waals surface area contributed by atoms with E-state index in [1.54, 1.807) is 6.33 Å². The van der Waals surface area contributed by atoms with Gasteiger partial charge in [-0.15, -0.1) is 0 Å². The molecule has 0 aliphatic carbocycles. The first kappa shape index (κ1) is 16.3. The van der Waals surface area contributed by atoms with E-state index in [-0.39, 0.29) is 11.1 Å². The quantitative estimate of drug-likeness (QED) is 0.449. The minimum Gasteiger partial charge on any atom is -0.457 e. The molecular weight excluding hydrogens is 352 g/mol. The molecule has 5 heteroatoms. The van der Waals surface area contributed by atoms with Crippen molar-refractivity contribution in [1.29, 1.82) is 0 Å². The van der Waals surface area contributed by atoms with Crippen LogP contribution in [0.3, 0.4) is 0 Å². The van der Waals surface area contributed by atoms with E-state index in [2.05, 4.69) is 4.98 Å². The summed E-state index contributed by atoms with van der Waals surface area (Å²) in [6, 6.07) is 24.7. The molecule has 0 saturated carbocycles. The Morgan fingerprint density at radius 1 is 0.893 bits per heavy atom. The lowest BCUT2D eigenvalue weighted by Crippen LogP contribution is -2.20. The van der Waals surface area contributed by atoms with E-state index in [1.165, 1.54) is 4.57 Å². The van der Waals surface area contributed by atoms with Crippen molar-refractivity contribution in [3.8, 4) is 11.5 Å². The summed E-state index contributed by atoms with van der Waals surface area (Å²) in [4.78, 5) is 17.4. The van der Waals surface area contributed by atoms with Crippen LogP contribution in [-0.2, 0) is 6.54 Å². The van der Waals surface area contributed by atoms with Crippen molar-refractivity contribution in [2.75, 3.05) is 0 Å². The zero-order valence-corrected chi connectivity index (χ0v) is 14.9. The van der Waals surface area contributed by atoms with Gasteiger partial charge >= 0.3 is 0 Å². The fraction of sp³-hybridized carbons (Fsp3) is 0.0435. The minimum atomic E-state index is -0.212. The first-order chi connectivity index (χ1) is 13.8. The Labute approximate surface area is 160 Å². The largest absolute Gasteiger partial charge is 0.457 e. The SMILES string of the molecule is O=c1c2oc3ccccc3c2ncn1Cc1ccccc1Oc1ccccc1. The van der Waals surface area contributed by atoms with Gasteiger partial charge in [-0.25, -0.2) is 4.98 Å². The molecular formula is C23H16N2O3. The monoisotopic (exact) mass is 368 g/mol. The topological polar surface area (TPSA) is 57.3 Å². The summed E-state index contributed by atoms with van der Waals surface area (Å²) in [5, 5.41) is 0.842. The van der Waals surface area contributed by atoms with Gasteiger partial charge in [-0.05, 0) is 30.3 Å². The predicted octanol–water partition coefficient (Wildman–Crippen LogP) is 4.98. The van der Waals surface area contributed by atoms with Crippen LogP contribution < -0.4 is 10.3 Å². The number of hydrogen-bond acceptors (Lipinski definition) is 4. The van der Waals surface area contributed by atoms with Crippen LogP contribution in [0.25, 0.3) is 22.1 Å². The fourth-order valence-electron chi connectivity index (χ4n) is 3.26. The van der Waals surface area contributed by atoms with Crippen molar-refractivity contribution in [2.45, 2.75) is 6.54 Å². The maximum atomic E-state index is 13.0. The molecule has 3 aromatic carbocycles. The highest BCUT2D eigenvalue weighted by Crippen LogP contribution is 2.27. The second-order valence-corrected chi connectivity index (χ2v) is 6.48. The third kappa shape index (κ3) is 2.83. The van der Waals surface area contributed by atoms with Gasteiger partial charge in [0, 0.05) is 10.9 Å². The van der Waals surface area contributed by atoms with Crippen molar-refractivity contribution >= 4 is 22.1 Å². The Hall–Kier alpha value is -3.86. The van der Waals surface area contributed by atoms with E-state index in [4.69, 9.17) is 9.15 Å². The molecule has 2 heterocycles. The molecule has 5 rings (SSSR count). The molecule has 0 fully saturated rings. The van der Waals surface area contributed by atoms with Crippen LogP contribution in [0.2, 0.25) is 0 Å². The number of para-hydroxylation sites is 3. The number of ether oxygens (including phenoxy) is 1. The zero-order chi connectivity index (χ0) is 18.9. The van der Waals surface area contributed by atoms with Gasteiger partial charge in [-0.2, -0.15) is 0 Å². The summed E-state index contributed by atoms with van der Waals surface area (Å²) in [7, 11) is 0. The van der Waals surface area contributed by atoms with E-state index < -0.39 is 0 Å². The Balaban J connectivity index is 1.55. The lowest BCUT2D eigenvalue weighted by molar-refractivity contribution is 0.473. The fourth-order valence-corrected chi connectivity index (χ4v) is 3.26. The molecule has 28 heavy (non-hydrogen) atoms. The standard InChI is InChI=1S/C23H16N2O3/c26-23-22-21(18-11-5-7-13-20(18)28-22)24-15-25(23)14-16-8-4-6-12-19(16)27-17-9-2-1-3-10-17/h1-13,15H,14H2. The summed E-state index contributed by atoms with van der Waals surface area (Å²) in [5.41, 5.74) is 2.19. The molecule has 0 N–H and O–H groups in total. The van der Waals surface area contributed by atoms with Crippen LogP contribution in [0.15, 0.2) is 94.4 Å². The third-order valence-electron chi connectivity index (χ3n) is 4.63. The van der Waals surface area contributed by atoms with Crippen molar-refractivity contribution in [3.05, 3.63) is 101 Å². The lowest BCUT2D eigenvalue weighted by Gasteiger charge is -2.12. The molecule has 0 amide bonds. The summed E-state index contributed by atoms with van der Waals surface area (Å²) >= 11 is 0. The molecule has 0 aliphatic rings. The average Bonchev–Trinajstić information content (AvgIpc) is 3.12. The van der Waals surface area contributed by atoms with E-state index in [0.717, 1.165) is 16.7 Å². The number of hydrogen-bond donors (Lipinski definition) is 0.